The Balaban J connectivity index is 0.991. The zero-order valence-corrected chi connectivity index (χ0v) is 29.1. The number of aromatic amines is 1. The molecular formula is C40H38BrN5O4. The van der Waals surface area contributed by atoms with E-state index in [0.29, 0.717) is 37.3 Å². The Morgan fingerprint density at radius 2 is 1.16 bits per heavy atom. The number of hydrogen-bond donors (Lipinski definition) is 3. The van der Waals surface area contributed by atoms with Crippen molar-refractivity contribution in [2.75, 3.05) is 23.7 Å². The van der Waals surface area contributed by atoms with Crippen LogP contribution < -0.4 is 10.6 Å². The van der Waals surface area contributed by atoms with Crippen molar-refractivity contribution in [2.45, 2.75) is 50.6 Å². The predicted octanol–water partition coefficient (Wildman–Crippen LogP) is 6.94. The summed E-state index contributed by atoms with van der Waals surface area (Å²) < 4.78 is 0.847. The Bertz CT molecular complexity index is 2030. The van der Waals surface area contributed by atoms with E-state index < -0.39 is 12.1 Å². The number of amides is 4. The highest BCUT2D eigenvalue weighted by atomic mass is 79.9. The van der Waals surface area contributed by atoms with Crippen LogP contribution in [0.1, 0.15) is 36.8 Å². The van der Waals surface area contributed by atoms with Gasteiger partial charge < -0.3 is 25.4 Å². The summed E-state index contributed by atoms with van der Waals surface area (Å²) in [5.41, 5.74) is 5.85. The molecule has 4 aromatic carbocycles. The summed E-state index contributed by atoms with van der Waals surface area (Å²) in [6, 6.07) is 31.5. The van der Waals surface area contributed by atoms with Gasteiger partial charge >= 0.3 is 0 Å². The molecule has 4 amide bonds. The van der Waals surface area contributed by atoms with Crippen molar-refractivity contribution in [3.8, 4) is 11.3 Å². The number of anilines is 2. The quantitative estimate of drug-likeness (QED) is 0.152. The fraction of sp³-hybridized carbons (Fsp3) is 0.250. The number of carbonyl (C=O) groups excluding carboxylic acids is 4. The molecule has 7 rings (SSSR count). The first kappa shape index (κ1) is 33.3. The van der Waals surface area contributed by atoms with Crippen LogP contribution in [0.25, 0.3) is 22.2 Å². The van der Waals surface area contributed by atoms with Crippen LogP contribution in [0.4, 0.5) is 11.4 Å². The molecule has 5 aromatic rings. The molecule has 0 bridgehead atoms. The molecule has 2 fully saturated rings. The normalized spacial score (nSPS) is 17.2. The molecule has 1 aromatic heterocycles. The second-order valence-corrected chi connectivity index (χ2v) is 13.7. The third-order valence-electron chi connectivity index (χ3n) is 9.59. The summed E-state index contributed by atoms with van der Waals surface area (Å²) in [6.07, 6.45) is 3.42. The van der Waals surface area contributed by atoms with Gasteiger partial charge in [0.15, 0.2) is 0 Å². The van der Waals surface area contributed by atoms with Crippen LogP contribution in [0.5, 0.6) is 0 Å². The van der Waals surface area contributed by atoms with Gasteiger partial charge in [-0.15, -0.1) is 0 Å². The lowest BCUT2D eigenvalue weighted by Crippen LogP contribution is -2.43. The zero-order chi connectivity index (χ0) is 34.6. The average molecular weight is 733 g/mol. The zero-order valence-electron chi connectivity index (χ0n) is 27.5. The second kappa shape index (κ2) is 14.7. The summed E-state index contributed by atoms with van der Waals surface area (Å²) in [7, 11) is 0. The molecule has 2 saturated heterocycles. The van der Waals surface area contributed by atoms with Crippen molar-refractivity contribution in [3.63, 3.8) is 0 Å². The lowest BCUT2D eigenvalue weighted by molar-refractivity contribution is -0.136. The summed E-state index contributed by atoms with van der Waals surface area (Å²) in [5, 5.41) is 6.95. The van der Waals surface area contributed by atoms with Gasteiger partial charge in [-0.05, 0) is 88.6 Å². The van der Waals surface area contributed by atoms with Crippen molar-refractivity contribution in [2.24, 2.45) is 0 Å². The number of aromatic nitrogens is 1. The lowest BCUT2D eigenvalue weighted by Gasteiger charge is -2.24. The highest BCUT2D eigenvalue weighted by Crippen LogP contribution is 2.37. The maximum absolute atomic E-state index is 13.4. The molecule has 254 valence electrons. The topological polar surface area (TPSA) is 115 Å². The van der Waals surface area contributed by atoms with E-state index in [9.17, 15) is 19.2 Å². The molecule has 0 radical (unpaired) electrons. The number of fused-ring (bicyclic) bond motifs is 1. The first-order valence-corrected chi connectivity index (χ1v) is 17.8. The molecule has 0 saturated carbocycles. The Kier molecular flexibility index (Phi) is 9.80. The highest BCUT2D eigenvalue weighted by Gasteiger charge is 2.35. The van der Waals surface area contributed by atoms with Crippen LogP contribution in [-0.4, -0.2) is 63.6 Å². The van der Waals surface area contributed by atoms with Crippen molar-refractivity contribution >= 4 is 61.8 Å². The number of rotatable bonds is 9. The molecular weight excluding hydrogens is 694 g/mol. The van der Waals surface area contributed by atoms with Crippen molar-refractivity contribution in [3.05, 3.63) is 119 Å². The van der Waals surface area contributed by atoms with Crippen LogP contribution in [-0.2, 0) is 32.0 Å². The summed E-state index contributed by atoms with van der Waals surface area (Å²) in [5.74, 6) is -0.444. The molecule has 2 aliphatic rings. The molecule has 2 atom stereocenters. The van der Waals surface area contributed by atoms with E-state index in [1.54, 1.807) is 9.80 Å². The Morgan fingerprint density at radius 1 is 0.660 bits per heavy atom. The van der Waals surface area contributed by atoms with Crippen molar-refractivity contribution in [1.82, 2.24) is 14.8 Å². The van der Waals surface area contributed by atoms with Crippen LogP contribution in [0.2, 0.25) is 0 Å². The molecule has 0 aliphatic carbocycles. The van der Waals surface area contributed by atoms with Crippen molar-refractivity contribution < 1.29 is 19.2 Å². The Hall–Kier alpha value is -5.22. The van der Waals surface area contributed by atoms with Gasteiger partial charge in [0, 0.05) is 35.4 Å². The maximum Gasteiger partial charge on any atom is 0.247 e. The minimum atomic E-state index is -0.502. The van der Waals surface area contributed by atoms with Gasteiger partial charge in [-0.3, -0.25) is 19.2 Å². The predicted molar refractivity (Wildman–Crippen MR) is 198 cm³/mol. The fourth-order valence-electron chi connectivity index (χ4n) is 7.03. The standard InChI is InChI=1S/C40H38BrN5O4/c41-37-31-25-30(43-40(50)34-14-8-22-46(34)36(48)24-27-11-5-2-6-12-27)19-20-32(31)44-38(37)28-15-17-29(18-16-28)42-39(49)33-13-7-21-45(33)35(47)23-26-9-3-1-4-10-26/h1-6,9-12,15-20,25,33-34,44H,7-8,13-14,21-24H2,(H,42,49)(H,43,50)/t33?,34-/m0/s1. The fourth-order valence-corrected chi connectivity index (χ4v) is 7.68. The summed E-state index contributed by atoms with van der Waals surface area (Å²) in [4.78, 5) is 59.6. The van der Waals surface area contributed by atoms with Gasteiger partial charge in [-0.25, -0.2) is 0 Å². The van der Waals surface area contributed by atoms with E-state index in [2.05, 4.69) is 31.5 Å². The minimum Gasteiger partial charge on any atom is -0.354 e. The van der Waals surface area contributed by atoms with E-state index in [4.69, 9.17) is 0 Å². The van der Waals surface area contributed by atoms with Crippen LogP contribution in [0.3, 0.4) is 0 Å². The van der Waals surface area contributed by atoms with E-state index in [0.717, 1.165) is 50.6 Å². The van der Waals surface area contributed by atoms with Gasteiger partial charge in [-0.2, -0.15) is 0 Å². The molecule has 3 heterocycles. The Labute approximate surface area is 299 Å². The van der Waals surface area contributed by atoms with Crippen molar-refractivity contribution in [1.29, 1.82) is 0 Å². The minimum absolute atomic E-state index is 0.0370. The number of carbonyl (C=O) groups is 4. The number of halogens is 1. The second-order valence-electron chi connectivity index (χ2n) is 12.9. The molecule has 1 unspecified atom stereocenters. The molecule has 0 spiro atoms. The Morgan fingerprint density at radius 3 is 1.70 bits per heavy atom. The van der Waals surface area contributed by atoms with Gasteiger partial charge in [0.1, 0.15) is 12.1 Å². The number of nitrogens with zero attached hydrogens (tertiary/aromatic N) is 2. The van der Waals surface area contributed by atoms with E-state index in [1.807, 2.05) is 103 Å². The molecule has 50 heavy (non-hydrogen) atoms. The van der Waals surface area contributed by atoms with Gasteiger partial charge in [0.2, 0.25) is 23.6 Å². The SMILES string of the molecule is O=C(Nc1ccc(-c2[nH]c3ccc(NC(=O)[C@@H]4CCCN4C(=O)Cc4ccccc4)cc3c2Br)cc1)C1CCCN1C(=O)Cc1ccccc1. The number of nitrogens with one attached hydrogen (secondary N) is 3. The number of likely N-dealkylation sites (tertiary alicyclic amines) is 2. The number of benzene rings is 4. The van der Waals surface area contributed by atoms with Gasteiger partial charge in [0.05, 0.1) is 23.0 Å². The number of hydrogen-bond acceptors (Lipinski definition) is 4. The highest BCUT2D eigenvalue weighted by molar-refractivity contribution is 9.10. The van der Waals surface area contributed by atoms with Crippen LogP contribution >= 0.6 is 15.9 Å². The summed E-state index contributed by atoms with van der Waals surface area (Å²) in [6.45, 7) is 1.15. The monoisotopic (exact) mass is 731 g/mol. The number of H-pyrrole nitrogens is 1. The largest absolute Gasteiger partial charge is 0.354 e. The van der Waals surface area contributed by atoms with Crippen LogP contribution in [0, 0.1) is 0 Å². The first-order chi connectivity index (χ1) is 24.3. The van der Waals surface area contributed by atoms with E-state index >= 15 is 0 Å². The van der Waals surface area contributed by atoms with E-state index in [-0.39, 0.29) is 36.5 Å². The smallest absolute Gasteiger partial charge is 0.247 e. The molecule has 2 aliphatic heterocycles. The van der Waals surface area contributed by atoms with Crippen LogP contribution in [0.15, 0.2) is 108 Å². The third kappa shape index (κ3) is 7.21. The first-order valence-electron chi connectivity index (χ1n) is 17.0. The lowest BCUT2D eigenvalue weighted by atomic mass is 10.1. The van der Waals surface area contributed by atoms with E-state index in [1.165, 1.54) is 0 Å². The molecule has 9 nitrogen and oxygen atoms in total. The molecule has 3 N–H and O–H groups in total. The average Bonchev–Trinajstić information content (AvgIpc) is 3.89. The van der Waals surface area contributed by atoms with Gasteiger partial charge in [0.25, 0.3) is 0 Å². The maximum atomic E-state index is 13.4. The summed E-state index contributed by atoms with van der Waals surface area (Å²) >= 11 is 3.76. The third-order valence-corrected chi connectivity index (χ3v) is 10.4. The molecule has 10 heteroatoms. The van der Waals surface area contributed by atoms with Gasteiger partial charge in [-0.1, -0.05) is 72.8 Å².